The first kappa shape index (κ1) is 56.3. The van der Waals surface area contributed by atoms with Gasteiger partial charge in [0.15, 0.2) is 6.29 Å². The van der Waals surface area contributed by atoms with E-state index in [-0.39, 0.29) is 61.4 Å². The van der Waals surface area contributed by atoms with Crippen LogP contribution in [0.5, 0.6) is 0 Å². The zero-order valence-electron chi connectivity index (χ0n) is 38.3. The molecule has 0 aromatic carbocycles. The minimum atomic E-state index is -3.22. The molecule has 2 saturated heterocycles. The molecule has 2 amide bonds. The number of ketones is 1. The van der Waals surface area contributed by atoms with E-state index in [4.69, 9.17) is 41.8 Å². The van der Waals surface area contributed by atoms with Crippen molar-refractivity contribution >= 4 is 38.9 Å². The number of unbranched alkanes of at least 4 members (excludes halogenated alkanes) is 7. The number of hydrogen-bond donors (Lipinski definition) is 3. The molecule has 63 heavy (non-hydrogen) atoms. The molecule has 3 N–H and O–H groups in total. The summed E-state index contributed by atoms with van der Waals surface area (Å²) in [7, 11) is -0.489. The van der Waals surface area contributed by atoms with Crippen molar-refractivity contribution in [2.45, 2.75) is 134 Å². The van der Waals surface area contributed by atoms with Gasteiger partial charge in [-0.1, -0.05) is 44.3 Å². The fourth-order valence-corrected chi connectivity index (χ4v) is 7.55. The van der Waals surface area contributed by atoms with E-state index < -0.39 is 44.9 Å². The van der Waals surface area contributed by atoms with Crippen LogP contribution in [0.25, 0.3) is 6.08 Å². The van der Waals surface area contributed by atoms with E-state index in [2.05, 4.69) is 15.6 Å². The highest BCUT2D eigenvalue weighted by Gasteiger charge is 2.39. The van der Waals surface area contributed by atoms with Crippen LogP contribution in [0.15, 0.2) is 21.9 Å². The van der Waals surface area contributed by atoms with Gasteiger partial charge in [0.1, 0.15) is 24.2 Å². The lowest BCUT2D eigenvalue weighted by Gasteiger charge is -2.19. The van der Waals surface area contributed by atoms with Crippen molar-refractivity contribution in [3.8, 4) is 0 Å². The third-order valence-electron chi connectivity index (χ3n) is 10.3. The van der Waals surface area contributed by atoms with Gasteiger partial charge in [-0.25, -0.2) is 4.79 Å². The number of aromatic nitrogens is 2. The van der Waals surface area contributed by atoms with Crippen LogP contribution in [0, 0.1) is 0 Å². The molecule has 8 atom stereocenters. The van der Waals surface area contributed by atoms with E-state index in [9.17, 15) is 33.1 Å². The number of nitrogens with zero attached hydrogens (tertiary/aromatic N) is 1. The molecule has 1 aromatic heterocycles. The van der Waals surface area contributed by atoms with E-state index in [1.54, 1.807) is 20.1 Å². The highest BCUT2D eigenvalue weighted by molar-refractivity contribution is 7.53. The predicted octanol–water partition coefficient (Wildman–Crippen LogP) is 5.09. The lowest BCUT2D eigenvalue weighted by molar-refractivity contribution is -0.143. The van der Waals surface area contributed by atoms with Crippen LogP contribution in [0.3, 0.4) is 0 Å². The molecule has 0 radical (unpaired) electrons. The van der Waals surface area contributed by atoms with Gasteiger partial charge in [-0.05, 0) is 32.6 Å². The largest absolute Gasteiger partial charge is 0.378 e. The molecule has 3 rings (SSSR count). The highest BCUT2D eigenvalue weighted by Crippen LogP contribution is 2.44. The number of carbonyl (C=O) groups excluding carboxylic acids is 3. The summed E-state index contributed by atoms with van der Waals surface area (Å²) >= 11 is 0. The summed E-state index contributed by atoms with van der Waals surface area (Å²) in [6.45, 7) is 7.47. The normalized spacial score (nSPS) is 22.9. The topological polar surface area (TPSA) is 247 Å². The van der Waals surface area contributed by atoms with Gasteiger partial charge in [-0.2, -0.15) is 0 Å². The van der Waals surface area contributed by atoms with Gasteiger partial charge < -0.3 is 57.2 Å². The molecule has 0 bridgehead atoms. The summed E-state index contributed by atoms with van der Waals surface area (Å²) in [6.07, 6.45) is 12.7. The Morgan fingerprint density at radius 3 is 1.97 bits per heavy atom. The summed E-state index contributed by atoms with van der Waals surface area (Å²) in [5.74, 6) is 0.119. The number of rotatable bonds is 30. The number of carbonyl (C=O) groups is 3. The Morgan fingerprint density at radius 1 is 0.794 bits per heavy atom. The summed E-state index contributed by atoms with van der Waals surface area (Å²) in [5.41, 5.74) is -0.994. The molecular formula is C41H72N4O16P2. The molecule has 3 heterocycles. The maximum Gasteiger partial charge on any atom is 0.330 e. The minimum Gasteiger partial charge on any atom is -0.378 e. The summed E-state index contributed by atoms with van der Waals surface area (Å²) in [4.78, 5) is 60.7. The van der Waals surface area contributed by atoms with Gasteiger partial charge in [0, 0.05) is 100 Å². The third kappa shape index (κ3) is 23.2. The number of hydrogen-bond acceptors (Lipinski definition) is 16. The standard InChI is InChI=1S/C24H39N4O9P.C17H33O7P/c1-17(29)25-12-8-6-5-7-11-21(30)26-13-9-10-18-15-28(24(32)27-23(18)31)22-14-19(34-2)20(37-22)16-36-38(4,33)35-3;1-14(18)10-8-6-5-7-9-11-22-17-12-15(20-2)16(24-17)13-23-25(4,19)21-3/h9-10,15,19-20,22H,5-8,11-14,16H2,1-4H3,(H,25,29)(H,26,30)(H,27,31,32);15-17H,5-13H2,1-4H3/b10-9+;. The van der Waals surface area contributed by atoms with Gasteiger partial charge in [0.2, 0.25) is 11.8 Å². The molecule has 0 aliphatic carbocycles. The monoisotopic (exact) mass is 938 g/mol. The highest BCUT2D eigenvalue weighted by atomic mass is 31.2. The van der Waals surface area contributed by atoms with Crippen molar-refractivity contribution in [1.29, 1.82) is 0 Å². The van der Waals surface area contributed by atoms with Crippen molar-refractivity contribution in [2.24, 2.45) is 0 Å². The molecular weight excluding hydrogens is 866 g/mol. The van der Waals surface area contributed by atoms with Crippen LogP contribution in [0.4, 0.5) is 0 Å². The first-order valence-corrected chi connectivity index (χ1v) is 25.5. The Morgan fingerprint density at radius 2 is 1.37 bits per heavy atom. The van der Waals surface area contributed by atoms with Gasteiger partial charge in [0.25, 0.3) is 5.56 Å². The van der Waals surface area contributed by atoms with Crippen LogP contribution in [-0.2, 0) is 65.3 Å². The van der Waals surface area contributed by atoms with E-state index in [0.29, 0.717) is 38.8 Å². The van der Waals surface area contributed by atoms with Crippen LogP contribution >= 0.6 is 15.2 Å². The van der Waals surface area contributed by atoms with E-state index in [1.807, 2.05) is 0 Å². The molecule has 362 valence electrons. The number of nitrogens with one attached hydrogen (secondary N) is 3. The van der Waals surface area contributed by atoms with Crippen molar-refractivity contribution < 1.29 is 65.3 Å². The summed E-state index contributed by atoms with van der Waals surface area (Å²) in [6, 6.07) is 0. The van der Waals surface area contributed by atoms with Gasteiger partial charge >= 0.3 is 20.9 Å². The Bertz CT molecular complexity index is 1770. The SMILES string of the molecule is COC1CC(OCCCCCCCC(C)=O)OC1COP(C)(=O)OC.COC1CC(n2cc(/C=C/CNC(=O)CCCCCCNC(C)=O)c(=O)[nH]c2=O)OC1COP(C)(=O)OC. The van der Waals surface area contributed by atoms with Gasteiger partial charge in [-0.15, -0.1) is 0 Å². The molecule has 2 aliphatic heterocycles. The van der Waals surface area contributed by atoms with Crippen molar-refractivity contribution in [3.63, 3.8) is 0 Å². The lowest BCUT2D eigenvalue weighted by Crippen LogP contribution is -2.33. The van der Waals surface area contributed by atoms with Crippen molar-refractivity contribution in [3.05, 3.63) is 38.7 Å². The maximum absolute atomic E-state index is 12.5. The van der Waals surface area contributed by atoms with Crippen LogP contribution in [-0.4, -0.2) is 133 Å². The maximum atomic E-state index is 12.5. The average Bonchev–Trinajstić information content (AvgIpc) is 3.85. The average molecular weight is 939 g/mol. The van der Waals surface area contributed by atoms with Gasteiger partial charge in [-0.3, -0.25) is 33.1 Å². The fraction of sp³-hybridized carbons (Fsp3) is 0.780. The number of Topliss-reactive ketones (excluding diaryl/α,β-unsaturated/α-hetero) is 1. The fourth-order valence-electron chi connectivity index (χ4n) is 6.50. The molecule has 2 fully saturated rings. The number of ether oxygens (including phenoxy) is 5. The third-order valence-corrected chi connectivity index (χ3v) is 12.8. The molecule has 8 unspecified atom stereocenters. The zero-order chi connectivity index (χ0) is 46.8. The number of H-pyrrole nitrogens is 1. The van der Waals surface area contributed by atoms with Crippen molar-refractivity contribution in [1.82, 2.24) is 20.2 Å². The second-order valence-electron chi connectivity index (χ2n) is 15.4. The Labute approximate surface area is 371 Å². The second kappa shape index (κ2) is 30.4. The van der Waals surface area contributed by atoms with Crippen LogP contribution in [0.2, 0.25) is 0 Å². The first-order valence-electron chi connectivity index (χ1n) is 21.5. The van der Waals surface area contributed by atoms with E-state index >= 15 is 0 Å². The van der Waals surface area contributed by atoms with Crippen LogP contribution < -0.4 is 21.9 Å². The number of amides is 2. The zero-order valence-corrected chi connectivity index (χ0v) is 40.1. The van der Waals surface area contributed by atoms with Crippen molar-refractivity contribution in [2.75, 3.05) is 74.7 Å². The molecule has 2 aliphatic rings. The Hall–Kier alpha value is -2.87. The number of methoxy groups -OCH3 is 2. The summed E-state index contributed by atoms with van der Waals surface area (Å²) in [5, 5.41) is 5.51. The minimum absolute atomic E-state index is 0.0442. The Balaban J connectivity index is 0.000000473. The second-order valence-corrected chi connectivity index (χ2v) is 19.8. The molecule has 22 heteroatoms. The lowest BCUT2D eigenvalue weighted by atomic mass is 10.1. The molecule has 0 saturated carbocycles. The van der Waals surface area contributed by atoms with Gasteiger partial charge in [0.05, 0.1) is 31.0 Å². The molecule has 20 nitrogen and oxygen atoms in total. The summed E-state index contributed by atoms with van der Waals surface area (Å²) < 4.78 is 73.6. The first-order chi connectivity index (χ1) is 29.9. The number of aromatic amines is 1. The molecule has 1 aromatic rings. The van der Waals surface area contributed by atoms with Crippen LogP contribution in [0.1, 0.15) is 109 Å². The van der Waals surface area contributed by atoms with E-state index in [0.717, 1.165) is 57.8 Å². The Kier molecular flexibility index (Phi) is 27.1. The quantitative estimate of drug-likeness (QED) is 0.0672. The molecule has 0 spiro atoms. The predicted molar refractivity (Wildman–Crippen MR) is 236 cm³/mol. The smallest absolute Gasteiger partial charge is 0.330 e. The van der Waals surface area contributed by atoms with E-state index in [1.165, 1.54) is 58.4 Å².